The number of aromatic nitrogens is 1. The lowest BCUT2D eigenvalue weighted by atomic mass is 10.5. The number of hydrogen-bond acceptors (Lipinski definition) is 4. The molecule has 0 fully saturated rings. The summed E-state index contributed by atoms with van der Waals surface area (Å²) < 4.78 is 6.76. The highest BCUT2D eigenvalue weighted by Gasteiger charge is 2.04. The van der Waals surface area contributed by atoms with Gasteiger partial charge in [-0.05, 0) is 22.0 Å². The Morgan fingerprint density at radius 1 is 1.75 bits per heavy atom. The normalized spacial score (nSPS) is 11.4. The van der Waals surface area contributed by atoms with E-state index in [0.717, 1.165) is 14.0 Å². The van der Waals surface area contributed by atoms with Crippen molar-refractivity contribution in [3.05, 3.63) is 32.7 Å². The molecule has 1 aromatic heterocycles. The van der Waals surface area contributed by atoms with E-state index in [-0.39, 0.29) is 0 Å². The molecule has 0 atom stereocenters. The molecule has 0 aromatic carbocycles. The summed E-state index contributed by atoms with van der Waals surface area (Å²) in [5.41, 5.74) is 0. The zero-order valence-corrected chi connectivity index (χ0v) is 12.4. The van der Waals surface area contributed by atoms with Crippen LogP contribution in [0, 0.1) is 0 Å². The molecule has 0 unspecified atom stereocenters. The van der Waals surface area contributed by atoms with Gasteiger partial charge in [0.25, 0.3) is 5.82 Å². The smallest absolute Gasteiger partial charge is 0.277 e. The summed E-state index contributed by atoms with van der Waals surface area (Å²) in [6.07, 6.45) is 3.60. The second kappa shape index (κ2) is 7.05. The molecule has 0 spiro atoms. The van der Waals surface area contributed by atoms with Crippen molar-refractivity contribution >= 4 is 44.3 Å². The Hall–Kier alpha value is -0.380. The zero-order valence-electron chi connectivity index (χ0n) is 8.71. The van der Waals surface area contributed by atoms with Crippen molar-refractivity contribution in [1.82, 2.24) is 5.01 Å². The van der Waals surface area contributed by atoms with Crippen LogP contribution in [0.25, 0.3) is 0 Å². The van der Waals surface area contributed by atoms with Gasteiger partial charge in [0.1, 0.15) is 12.9 Å². The highest BCUT2D eigenvalue weighted by Crippen LogP contribution is 2.12. The number of methoxy groups -OCH3 is 1. The summed E-state index contributed by atoms with van der Waals surface area (Å²) in [6.45, 7) is 0.345. The molecule has 5 nitrogen and oxygen atoms in total. The number of H-pyrrole nitrogens is 1. The van der Waals surface area contributed by atoms with Crippen molar-refractivity contribution in [3.8, 4) is 0 Å². The maximum atomic E-state index is 5.63. The lowest BCUT2D eigenvalue weighted by Gasteiger charge is -2.11. The second-order valence-corrected chi connectivity index (χ2v) is 5.03. The second-order valence-electron chi connectivity index (χ2n) is 2.95. The van der Waals surface area contributed by atoms with Crippen LogP contribution in [0.1, 0.15) is 0 Å². The standard InChI is InChI=1S/C9H12BrIN4O/c1-16-6-15(12)5-8(11)14-9-3-2-7(10)4-13-9/h2-5H,6,12H2,1H3,(H,13,14)/p+1. The first-order valence-electron chi connectivity index (χ1n) is 4.43. The van der Waals surface area contributed by atoms with Crippen LogP contribution >= 0.6 is 38.5 Å². The van der Waals surface area contributed by atoms with Gasteiger partial charge >= 0.3 is 0 Å². The molecule has 1 aromatic rings. The van der Waals surface area contributed by atoms with Crippen molar-refractivity contribution in [1.29, 1.82) is 0 Å². The molecule has 0 aliphatic rings. The van der Waals surface area contributed by atoms with Crippen molar-refractivity contribution in [3.63, 3.8) is 0 Å². The molecular formula is C9H13BrIN4O+. The molecule has 16 heavy (non-hydrogen) atoms. The first kappa shape index (κ1) is 13.7. The lowest BCUT2D eigenvalue weighted by molar-refractivity contribution is -0.361. The Balaban J connectivity index is 2.56. The number of ether oxygens (including phenoxy) is 1. The third-order valence-corrected chi connectivity index (χ3v) is 2.63. The van der Waals surface area contributed by atoms with E-state index in [4.69, 9.17) is 10.6 Å². The minimum atomic E-state index is 0.345. The van der Waals surface area contributed by atoms with Gasteiger partial charge in [0.2, 0.25) is 0 Å². The number of nitrogens with two attached hydrogens (primary N) is 1. The third-order valence-electron chi connectivity index (χ3n) is 1.59. The van der Waals surface area contributed by atoms with Gasteiger partial charge in [-0.25, -0.2) is 16.1 Å². The minimum absolute atomic E-state index is 0.345. The predicted molar refractivity (Wildman–Crippen MR) is 74.3 cm³/mol. The van der Waals surface area contributed by atoms with E-state index in [2.05, 4.69) is 48.8 Å². The molecule has 0 saturated heterocycles. The Morgan fingerprint density at radius 2 is 2.50 bits per heavy atom. The number of pyridine rings is 1. The Labute approximate surface area is 116 Å². The van der Waals surface area contributed by atoms with E-state index < -0.39 is 0 Å². The summed E-state index contributed by atoms with van der Waals surface area (Å²) in [5.74, 6) is 6.52. The number of aromatic amines is 1. The molecule has 1 rings (SSSR count). The summed E-state index contributed by atoms with van der Waals surface area (Å²) in [4.78, 5) is 3.08. The van der Waals surface area contributed by atoms with Crippen LogP contribution in [0.5, 0.6) is 0 Å². The summed E-state index contributed by atoms with van der Waals surface area (Å²) >= 11 is 5.50. The molecule has 0 aliphatic heterocycles. The molecule has 7 heteroatoms. The summed E-state index contributed by atoms with van der Waals surface area (Å²) in [5, 5.41) is 4.60. The van der Waals surface area contributed by atoms with Crippen LogP contribution in [0.3, 0.4) is 0 Å². The van der Waals surface area contributed by atoms with Gasteiger partial charge in [-0.3, -0.25) is 5.01 Å². The fraction of sp³-hybridized carbons (Fsp3) is 0.222. The maximum absolute atomic E-state index is 5.63. The average molecular weight is 400 g/mol. The van der Waals surface area contributed by atoms with E-state index in [0.29, 0.717) is 6.73 Å². The molecule has 0 aliphatic carbocycles. The van der Waals surface area contributed by atoms with E-state index in [1.54, 1.807) is 13.3 Å². The van der Waals surface area contributed by atoms with E-state index in [9.17, 15) is 0 Å². The molecule has 88 valence electrons. The highest BCUT2D eigenvalue weighted by molar-refractivity contribution is 14.1. The Morgan fingerprint density at radius 3 is 3.06 bits per heavy atom. The summed E-state index contributed by atoms with van der Waals surface area (Å²) in [7, 11) is 1.59. The van der Waals surface area contributed by atoms with E-state index >= 15 is 0 Å². The first-order valence-corrected chi connectivity index (χ1v) is 6.31. The van der Waals surface area contributed by atoms with Gasteiger partial charge in [-0.1, -0.05) is 0 Å². The number of nitrogens with one attached hydrogen (secondary N) is 2. The summed E-state index contributed by atoms with van der Waals surface area (Å²) in [6, 6.07) is 3.87. The molecule has 1 heterocycles. The van der Waals surface area contributed by atoms with Gasteiger partial charge in [0.15, 0.2) is 3.70 Å². The largest absolute Gasteiger partial charge is 0.363 e. The fourth-order valence-corrected chi connectivity index (χ4v) is 1.87. The minimum Gasteiger partial charge on any atom is -0.363 e. The number of rotatable bonds is 5. The topological polar surface area (TPSA) is 64.7 Å². The molecule has 0 bridgehead atoms. The van der Waals surface area contributed by atoms with Crippen LogP contribution in [0.15, 0.2) is 32.7 Å². The van der Waals surface area contributed by atoms with Crippen LogP contribution in [-0.4, -0.2) is 18.8 Å². The SMILES string of the molecule is COCN(N)C=C(I)Nc1ccc(Br)c[nH+]1. The average Bonchev–Trinajstić information content (AvgIpc) is 2.21. The molecule has 0 saturated carbocycles. The quantitative estimate of drug-likeness (QED) is 0.260. The van der Waals surface area contributed by atoms with Crippen LogP contribution < -0.4 is 16.1 Å². The van der Waals surface area contributed by atoms with Gasteiger partial charge in [-0.2, -0.15) is 0 Å². The molecule has 4 N–H and O–H groups in total. The van der Waals surface area contributed by atoms with Gasteiger partial charge in [-0.15, -0.1) is 0 Å². The molecular weight excluding hydrogens is 387 g/mol. The van der Waals surface area contributed by atoms with Crippen LogP contribution in [0.2, 0.25) is 0 Å². The Bertz CT molecular complexity index is 357. The fourth-order valence-electron chi connectivity index (χ4n) is 0.976. The van der Waals surface area contributed by atoms with Gasteiger partial charge in [0, 0.05) is 35.8 Å². The highest BCUT2D eigenvalue weighted by atomic mass is 127. The Kier molecular flexibility index (Phi) is 6.03. The number of nitrogens with zero attached hydrogens (tertiary/aromatic N) is 1. The predicted octanol–water partition coefficient (Wildman–Crippen LogP) is 1.69. The van der Waals surface area contributed by atoms with E-state index in [1.165, 1.54) is 5.01 Å². The van der Waals surface area contributed by atoms with Crippen LogP contribution in [-0.2, 0) is 4.74 Å². The first-order chi connectivity index (χ1) is 7.61. The molecule has 0 amide bonds. The monoisotopic (exact) mass is 399 g/mol. The number of halogens is 2. The number of anilines is 1. The third kappa shape index (κ3) is 5.10. The maximum Gasteiger partial charge on any atom is 0.277 e. The van der Waals surface area contributed by atoms with Crippen molar-refractivity contribution in [2.75, 3.05) is 19.2 Å². The van der Waals surface area contributed by atoms with E-state index in [1.807, 2.05) is 18.3 Å². The number of hydrogen-bond donors (Lipinski definition) is 2. The molecule has 0 radical (unpaired) electrons. The van der Waals surface area contributed by atoms with Crippen molar-refractivity contribution < 1.29 is 9.72 Å². The van der Waals surface area contributed by atoms with Crippen molar-refractivity contribution in [2.24, 2.45) is 5.84 Å². The van der Waals surface area contributed by atoms with Crippen molar-refractivity contribution in [2.45, 2.75) is 0 Å². The van der Waals surface area contributed by atoms with Gasteiger partial charge < -0.3 is 4.74 Å². The van der Waals surface area contributed by atoms with Gasteiger partial charge in [0.05, 0.1) is 10.7 Å². The van der Waals surface area contributed by atoms with Crippen LogP contribution in [0.4, 0.5) is 5.82 Å². The lowest BCUT2D eigenvalue weighted by Crippen LogP contribution is -2.28. The number of hydrazine groups is 1. The zero-order chi connectivity index (χ0) is 12.0.